The molecule has 3 rings (SSSR count). The predicted octanol–water partition coefficient (Wildman–Crippen LogP) is 5.89. The average Bonchev–Trinajstić information content (AvgIpc) is 3.23. The van der Waals surface area contributed by atoms with Gasteiger partial charge in [-0.1, -0.05) is 24.3 Å². The van der Waals surface area contributed by atoms with E-state index >= 15 is 0 Å². The van der Waals surface area contributed by atoms with Crippen LogP contribution in [-0.4, -0.2) is 36.9 Å². The first-order chi connectivity index (χ1) is 13.9. The van der Waals surface area contributed by atoms with Gasteiger partial charge in [-0.15, -0.1) is 12.4 Å². The van der Waals surface area contributed by atoms with Gasteiger partial charge in [0.1, 0.15) is 5.75 Å². The molecule has 0 radical (unpaired) electrons. The maximum absolute atomic E-state index is 13.0. The molecular formula is C23H25ClF3NO2. The van der Waals surface area contributed by atoms with Crippen LogP contribution in [0.3, 0.4) is 0 Å². The first-order valence-electron chi connectivity index (χ1n) is 9.77. The summed E-state index contributed by atoms with van der Waals surface area (Å²) >= 11 is 0. The Bertz CT molecular complexity index is 844. The van der Waals surface area contributed by atoms with Gasteiger partial charge in [0.15, 0.2) is 5.78 Å². The summed E-state index contributed by atoms with van der Waals surface area (Å²) in [5, 5.41) is 0. The Labute approximate surface area is 180 Å². The molecule has 30 heavy (non-hydrogen) atoms. The van der Waals surface area contributed by atoms with Crippen LogP contribution >= 0.6 is 12.4 Å². The summed E-state index contributed by atoms with van der Waals surface area (Å²) in [6.45, 7) is 3.97. The summed E-state index contributed by atoms with van der Waals surface area (Å²) in [4.78, 5) is 14.7. The van der Waals surface area contributed by atoms with Crippen LogP contribution in [0.25, 0.3) is 6.08 Å². The Kier molecular flexibility index (Phi) is 8.93. The molecule has 0 bridgehead atoms. The van der Waals surface area contributed by atoms with Gasteiger partial charge in [0.2, 0.25) is 0 Å². The van der Waals surface area contributed by atoms with E-state index in [1.54, 1.807) is 24.3 Å². The van der Waals surface area contributed by atoms with Crippen molar-refractivity contribution < 1.29 is 22.7 Å². The van der Waals surface area contributed by atoms with Crippen LogP contribution in [0.4, 0.5) is 13.2 Å². The predicted molar refractivity (Wildman–Crippen MR) is 114 cm³/mol. The van der Waals surface area contributed by atoms with E-state index in [2.05, 4.69) is 4.90 Å². The van der Waals surface area contributed by atoms with Crippen molar-refractivity contribution in [2.75, 3.05) is 26.2 Å². The monoisotopic (exact) mass is 439 g/mol. The molecule has 7 heteroatoms. The Hall–Kier alpha value is -2.31. The average molecular weight is 440 g/mol. The first-order valence-corrected chi connectivity index (χ1v) is 9.77. The Balaban J connectivity index is 0.00000320. The quantitative estimate of drug-likeness (QED) is 0.292. The number of hydrogen-bond acceptors (Lipinski definition) is 3. The zero-order chi connectivity index (χ0) is 20.7. The van der Waals surface area contributed by atoms with E-state index < -0.39 is 11.7 Å². The van der Waals surface area contributed by atoms with Gasteiger partial charge in [-0.3, -0.25) is 4.79 Å². The van der Waals surface area contributed by atoms with E-state index in [9.17, 15) is 18.0 Å². The highest BCUT2D eigenvalue weighted by atomic mass is 35.5. The number of hydrogen-bond donors (Lipinski definition) is 0. The lowest BCUT2D eigenvalue weighted by atomic mass is 10.0. The summed E-state index contributed by atoms with van der Waals surface area (Å²) in [5.74, 6) is 0.317. The molecule has 0 amide bonds. The van der Waals surface area contributed by atoms with Gasteiger partial charge in [-0.2, -0.15) is 13.2 Å². The minimum absolute atomic E-state index is 0. The van der Waals surface area contributed by atoms with E-state index in [1.165, 1.54) is 37.1 Å². The number of rotatable bonds is 8. The summed E-state index contributed by atoms with van der Waals surface area (Å²) in [7, 11) is 0. The fourth-order valence-corrected chi connectivity index (χ4v) is 3.36. The Morgan fingerprint density at radius 1 is 1.03 bits per heavy atom. The molecule has 2 aromatic carbocycles. The second kappa shape index (κ2) is 11.2. The molecule has 2 aromatic rings. The van der Waals surface area contributed by atoms with Crippen molar-refractivity contribution in [3.05, 3.63) is 71.3 Å². The van der Waals surface area contributed by atoms with Crippen molar-refractivity contribution in [3.8, 4) is 5.75 Å². The lowest BCUT2D eigenvalue weighted by Gasteiger charge is -2.14. The molecule has 1 aliphatic heterocycles. The fraction of sp³-hybridized carbons (Fsp3) is 0.348. The summed E-state index contributed by atoms with van der Waals surface area (Å²) in [5.41, 5.74) is -0.400. The van der Waals surface area contributed by atoms with Crippen LogP contribution in [0, 0.1) is 0 Å². The highest BCUT2D eigenvalue weighted by Crippen LogP contribution is 2.32. The lowest BCUT2D eigenvalue weighted by molar-refractivity contribution is -0.137. The molecule has 162 valence electrons. The summed E-state index contributed by atoms with van der Waals surface area (Å²) < 4.78 is 44.8. The normalized spacial score (nSPS) is 14.6. The minimum Gasteiger partial charge on any atom is -0.494 e. The molecule has 0 aromatic heterocycles. The third kappa shape index (κ3) is 6.89. The van der Waals surface area contributed by atoms with Crippen molar-refractivity contribution in [2.24, 2.45) is 0 Å². The van der Waals surface area contributed by atoms with Crippen LogP contribution in [0.15, 0.2) is 54.6 Å². The molecule has 0 atom stereocenters. The summed E-state index contributed by atoms with van der Waals surface area (Å²) in [6, 6.07) is 11.8. The number of ether oxygens (including phenoxy) is 1. The molecule has 1 heterocycles. The van der Waals surface area contributed by atoms with Crippen molar-refractivity contribution >= 4 is 24.3 Å². The van der Waals surface area contributed by atoms with E-state index in [1.807, 2.05) is 0 Å². The third-order valence-electron chi connectivity index (χ3n) is 4.91. The van der Waals surface area contributed by atoms with Crippen molar-refractivity contribution in [3.63, 3.8) is 0 Å². The number of carbonyl (C=O) groups excluding carboxylic acids is 1. The zero-order valence-corrected chi connectivity index (χ0v) is 17.3. The Morgan fingerprint density at radius 2 is 1.70 bits per heavy atom. The maximum atomic E-state index is 13.0. The van der Waals surface area contributed by atoms with E-state index in [0.717, 1.165) is 38.2 Å². The molecule has 0 unspecified atom stereocenters. The third-order valence-corrected chi connectivity index (χ3v) is 4.91. The molecule has 1 aliphatic rings. The number of allylic oxidation sites excluding steroid dienone is 1. The largest absolute Gasteiger partial charge is 0.494 e. The smallest absolute Gasteiger partial charge is 0.416 e. The number of nitrogens with zero attached hydrogens (tertiary/aromatic N) is 1. The van der Waals surface area contributed by atoms with Crippen LogP contribution in [-0.2, 0) is 6.18 Å². The zero-order valence-electron chi connectivity index (χ0n) is 16.5. The van der Waals surface area contributed by atoms with Crippen molar-refractivity contribution in [1.82, 2.24) is 4.90 Å². The van der Waals surface area contributed by atoms with Gasteiger partial charge < -0.3 is 9.64 Å². The van der Waals surface area contributed by atoms with Crippen LogP contribution in [0.5, 0.6) is 5.75 Å². The van der Waals surface area contributed by atoms with E-state index in [4.69, 9.17) is 4.74 Å². The number of alkyl halides is 3. The Morgan fingerprint density at radius 3 is 2.37 bits per heavy atom. The number of ketones is 1. The molecule has 1 saturated heterocycles. The van der Waals surface area contributed by atoms with Gasteiger partial charge in [0.05, 0.1) is 12.2 Å². The van der Waals surface area contributed by atoms with Gasteiger partial charge in [0, 0.05) is 12.1 Å². The maximum Gasteiger partial charge on any atom is 0.416 e. The molecular weight excluding hydrogens is 415 g/mol. The minimum atomic E-state index is -4.46. The van der Waals surface area contributed by atoms with E-state index in [-0.39, 0.29) is 23.8 Å². The number of likely N-dealkylation sites (tertiary alicyclic amines) is 1. The van der Waals surface area contributed by atoms with Crippen molar-refractivity contribution in [1.29, 1.82) is 0 Å². The van der Waals surface area contributed by atoms with Gasteiger partial charge in [0.25, 0.3) is 0 Å². The lowest BCUT2D eigenvalue weighted by Crippen LogP contribution is -2.21. The van der Waals surface area contributed by atoms with Gasteiger partial charge >= 0.3 is 6.18 Å². The van der Waals surface area contributed by atoms with Gasteiger partial charge in [-0.05, 0) is 74.3 Å². The standard InChI is InChI=1S/C23H24F3NO2.ClH/c24-23(25,26)21-7-2-1-6-18(21)10-13-22(28)19-8-11-20(12-9-19)29-17-5-16-27-14-3-4-15-27;/h1-2,6-13H,3-5,14-17H2;1H/b13-10+;. The number of carbonyl (C=O) groups is 1. The number of benzene rings is 2. The molecule has 0 saturated carbocycles. The molecule has 0 spiro atoms. The number of halogens is 4. The molecule has 0 aliphatic carbocycles. The van der Waals surface area contributed by atoms with Crippen molar-refractivity contribution in [2.45, 2.75) is 25.4 Å². The van der Waals surface area contributed by atoms with Gasteiger partial charge in [-0.25, -0.2) is 0 Å². The van der Waals surface area contributed by atoms with Crippen LogP contribution < -0.4 is 4.74 Å². The van der Waals surface area contributed by atoms with E-state index in [0.29, 0.717) is 17.9 Å². The first kappa shape index (κ1) is 24.0. The second-order valence-electron chi connectivity index (χ2n) is 7.06. The topological polar surface area (TPSA) is 29.5 Å². The van der Waals surface area contributed by atoms with Crippen LogP contribution in [0.1, 0.15) is 40.7 Å². The fourth-order valence-electron chi connectivity index (χ4n) is 3.36. The molecule has 3 nitrogen and oxygen atoms in total. The highest BCUT2D eigenvalue weighted by Gasteiger charge is 2.32. The highest BCUT2D eigenvalue weighted by molar-refractivity contribution is 6.06. The summed E-state index contributed by atoms with van der Waals surface area (Å²) in [6.07, 6.45) is 1.39. The van der Waals surface area contributed by atoms with Crippen LogP contribution in [0.2, 0.25) is 0 Å². The second-order valence-corrected chi connectivity index (χ2v) is 7.06. The SMILES string of the molecule is Cl.O=C(/C=C/c1ccccc1C(F)(F)F)c1ccc(OCCCN2CCCC2)cc1. The molecule has 1 fully saturated rings. The molecule has 0 N–H and O–H groups in total.